The van der Waals surface area contributed by atoms with Crippen LogP contribution < -0.4 is 5.32 Å². The van der Waals surface area contributed by atoms with Crippen molar-refractivity contribution >= 4 is 5.69 Å². The summed E-state index contributed by atoms with van der Waals surface area (Å²) >= 11 is 0. The van der Waals surface area contributed by atoms with Gasteiger partial charge in [-0.2, -0.15) is 4.39 Å². The minimum atomic E-state index is -0.776. The van der Waals surface area contributed by atoms with Gasteiger partial charge in [-0.1, -0.05) is 12.1 Å². The molecule has 0 heterocycles. The van der Waals surface area contributed by atoms with Crippen molar-refractivity contribution in [2.24, 2.45) is 0 Å². The largest absolute Gasteiger partial charge is 0.313 e. The third-order valence-corrected chi connectivity index (χ3v) is 2.25. The molecule has 1 rings (SSSR count). The average molecular weight is 236 g/mol. The third-order valence-electron chi connectivity index (χ3n) is 2.25. The van der Waals surface area contributed by atoms with E-state index in [1.165, 1.54) is 12.1 Å². The zero-order valence-corrected chi connectivity index (χ0v) is 9.28. The topological polar surface area (TPSA) is 55.2 Å². The van der Waals surface area contributed by atoms with Crippen LogP contribution in [0.15, 0.2) is 18.2 Å². The zero-order chi connectivity index (χ0) is 12.7. The lowest BCUT2D eigenvalue weighted by molar-refractivity contribution is -0.387. The Labute approximate surface area is 99.0 Å². The van der Waals surface area contributed by atoms with Gasteiger partial charge in [-0.25, -0.2) is 0 Å². The van der Waals surface area contributed by atoms with Crippen molar-refractivity contribution in [1.29, 1.82) is 0 Å². The van der Waals surface area contributed by atoms with Crippen LogP contribution in [0.2, 0.25) is 0 Å². The SMILES string of the molecule is C#CCCCNCc1cccc([N+](=O)[O-])c1F. The van der Waals surface area contributed by atoms with Crippen molar-refractivity contribution in [3.8, 4) is 12.3 Å². The lowest BCUT2D eigenvalue weighted by Crippen LogP contribution is -2.15. The minimum absolute atomic E-state index is 0.262. The van der Waals surface area contributed by atoms with Crippen molar-refractivity contribution in [1.82, 2.24) is 5.32 Å². The van der Waals surface area contributed by atoms with Crippen LogP contribution >= 0.6 is 0 Å². The molecule has 0 bridgehead atoms. The minimum Gasteiger partial charge on any atom is -0.313 e. The van der Waals surface area contributed by atoms with E-state index in [0.717, 1.165) is 12.5 Å². The summed E-state index contributed by atoms with van der Waals surface area (Å²) in [6.45, 7) is 0.921. The summed E-state index contributed by atoms with van der Waals surface area (Å²) in [5.74, 6) is 1.72. The number of nitrogens with one attached hydrogen (secondary N) is 1. The molecule has 0 saturated heterocycles. The van der Waals surface area contributed by atoms with E-state index in [4.69, 9.17) is 6.42 Å². The van der Waals surface area contributed by atoms with Crippen LogP contribution in [0.5, 0.6) is 0 Å². The van der Waals surface area contributed by atoms with Gasteiger partial charge in [-0.15, -0.1) is 12.3 Å². The number of nitrogens with zero attached hydrogens (tertiary/aromatic N) is 1. The molecule has 17 heavy (non-hydrogen) atoms. The fourth-order valence-electron chi connectivity index (χ4n) is 1.38. The highest BCUT2D eigenvalue weighted by Crippen LogP contribution is 2.19. The van der Waals surface area contributed by atoms with Gasteiger partial charge in [-0.05, 0) is 13.0 Å². The van der Waals surface area contributed by atoms with E-state index < -0.39 is 16.4 Å². The molecule has 1 aromatic rings. The van der Waals surface area contributed by atoms with E-state index in [1.54, 1.807) is 0 Å². The van der Waals surface area contributed by atoms with E-state index in [0.29, 0.717) is 18.5 Å². The second-order valence-electron chi connectivity index (χ2n) is 3.49. The summed E-state index contributed by atoms with van der Waals surface area (Å²) < 4.78 is 13.6. The van der Waals surface area contributed by atoms with Gasteiger partial charge in [-0.3, -0.25) is 10.1 Å². The first-order valence-electron chi connectivity index (χ1n) is 5.22. The van der Waals surface area contributed by atoms with Crippen LogP contribution in [0.4, 0.5) is 10.1 Å². The molecule has 0 saturated carbocycles. The second kappa shape index (κ2) is 6.61. The molecule has 90 valence electrons. The van der Waals surface area contributed by atoms with Crippen LogP contribution in [0.25, 0.3) is 0 Å². The number of hydrogen-bond donors (Lipinski definition) is 1. The molecule has 0 spiro atoms. The third kappa shape index (κ3) is 3.85. The van der Waals surface area contributed by atoms with E-state index in [-0.39, 0.29) is 6.54 Å². The van der Waals surface area contributed by atoms with Crippen LogP contribution in [0.3, 0.4) is 0 Å². The maximum absolute atomic E-state index is 13.6. The predicted octanol–water partition coefficient (Wildman–Crippen LogP) is 2.24. The number of halogens is 1. The first-order chi connectivity index (χ1) is 8.16. The van der Waals surface area contributed by atoms with Crippen molar-refractivity contribution in [2.45, 2.75) is 19.4 Å². The molecule has 1 N–H and O–H groups in total. The molecular weight excluding hydrogens is 223 g/mol. The van der Waals surface area contributed by atoms with Gasteiger partial charge in [0, 0.05) is 24.6 Å². The molecule has 0 atom stereocenters. The molecule has 0 unspecified atom stereocenters. The summed E-state index contributed by atoms with van der Waals surface area (Å²) in [6.07, 6.45) is 6.54. The molecular formula is C12H13FN2O2. The Hall–Kier alpha value is -1.93. The average Bonchev–Trinajstić information content (AvgIpc) is 2.30. The van der Waals surface area contributed by atoms with Crippen LogP contribution in [0, 0.1) is 28.3 Å². The summed E-state index contributed by atoms with van der Waals surface area (Å²) in [6, 6.07) is 4.15. The molecule has 0 fully saturated rings. The van der Waals surface area contributed by atoms with Crippen LogP contribution in [-0.4, -0.2) is 11.5 Å². The number of nitro benzene ring substituents is 1. The monoisotopic (exact) mass is 236 g/mol. The Morgan fingerprint density at radius 2 is 2.29 bits per heavy atom. The molecule has 0 aromatic heterocycles. The predicted molar refractivity (Wildman–Crippen MR) is 62.8 cm³/mol. The molecule has 0 aliphatic heterocycles. The Morgan fingerprint density at radius 3 is 2.94 bits per heavy atom. The fraction of sp³-hybridized carbons (Fsp3) is 0.333. The lowest BCUT2D eigenvalue weighted by Gasteiger charge is -2.05. The van der Waals surface area contributed by atoms with Crippen LogP contribution in [-0.2, 0) is 6.54 Å². The van der Waals surface area contributed by atoms with Gasteiger partial charge in [0.1, 0.15) is 0 Å². The standard InChI is InChI=1S/C12H13FN2O2/c1-2-3-4-8-14-9-10-6-5-7-11(12(10)13)15(16)17/h1,5-7,14H,3-4,8-9H2. The normalized spacial score (nSPS) is 9.88. The van der Waals surface area contributed by atoms with Crippen molar-refractivity contribution < 1.29 is 9.31 Å². The first kappa shape index (κ1) is 13.1. The highest BCUT2D eigenvalue weighted by molar-refractivity contribution is 5.36. The van der Waals surface area contributed by atoms with Crippen molar-refractivity contribution in [3.63, 3.8) is 0 Å². The number of rotatable bonds is 6. The van der Waals surface area contributed by atoms with Crippen LogP contribution in [0.1, 0.15) is 18.4 Å². The molecule has 0 aliphatic rings. The van der Waals surface area contributed by atoms with Gasteiger partial charge < -0.3 is 5.32 Å². The zero-order valence-electron chi connectivity index (χ0n) is 9.28. The smallest absolute Gasteiger partial charge is 0.305 e. The summed E-state index contributed by atoms with van der Waals surface area (Å²) in [7, 11) is 0. The highest BCUT2D eigenvalue weighted by atomic mass is 19.1. The number of nitro groups is 1. The fourth-order valence-corrected chi connectivity index (χ4v) is 1.38. The van der Waals surface area contributed by atoms with E-state index >= 15 is 0 Å². The quantitative estimate of drug-likeness (QED) is 0.356. The lowest BCUT2D eigenvalue weighted by atomic mass is 10.2. The molecule has 5 heteroatoms. The summed E-state index contributed by atoms with van der Waals surface area (Å²) in [5, 5.41) is 13.5. The van der Waals surface area contributed by atoms with Gasteiger partial charge in [0.15, 0.2) is 0 Å². The van der Waals surface area contributed by atoms with E-state index in [2.05, 4.69) is 11.2 Å². The molecule has 1 aromatic carbocycles. The maximum atomic E-state index is 13.6. The van der Waals surface area contributed by atoms with Gasteiger partial charge >= 0.3 is 5.69 Å². The maximum Gasteiger partial charge on any atom is 0.305 e. The number of unbranched alkanes of at least 4 members (excludes halogenated alkanes) is 1. The number of benzene rings is 1. The number of terminal acetylenes is 1. The Balaban J connectivity index is 2.57. The van der Waals surface area contributed by atoms with Gasteiger partial charge in [0.25, 0.3) is 0 Å². The molecule has 0 amide bonds. The van der Waals surface area contributed by atoms with Gasteiger partial charge in [0.05, 0.1) is 4.92 Å². The molecule has 0 aliphatic carbocycles. The van der Waals surface area contributed by atoms with Crippen molar-refractivity contribution in [2.75, 3.05) is 6.54 Å². The van der Waals surface area contributed by atoms with E-state index in [9.17, 15) is 14.5 Å². The Kier molecular flexibility index (Phi) is 5.11. The highest BCUT2D eigenvalue weighted by Gasteiger charge is 2.16. The second-order valence-corrected chi connectivity index (χ2v) is 3.49. The Morgan fingerprint density at radius 1 is 1.53 bits per heavy atom. The molecule has 0 radical (unpaired) electrons. The first-order valence-corrected chi connectivity index (χ1v) is 5.22. The summed E-state index contributed by atoms with van der Waals surface area (Å²) in [4.78, 5) is 9.79. The number of hydrogen-bond acceptors (Lipinski definition) is 3. The summed E-state index contributed by atoms with van der Waals surface area (Å²) in [5.41, 5.74) is -0.201. The van der Waals surface area contributed by atoms with E-state index in [1.807, 2.05) is 0 Å². The Bertz CT molecular complexity index is 441. The molecule has 4 nitrogen and oxygen atoms in total. The van der Waals surface area contributed by atoms with Crippen molar-refractivity contribution in [3.05, 3.63) is 39.7 Å². The van der Waals surface area contributed by atoms with Gasteiger partial charge in [0.2, 0.25) is 5.82 Å².